The highest BCUT2D eigenvalue weighted by Crippen LogP contribution is 2.18. The summed E-state index contributed by atoms with van der Waals surface area (Å²) < 4.78 is 13.4. The first-order valence-corrected chi connectivity index (χ1v) is 5.71. The number of nitrogens with one attached hydrogen (secondary N) is 2. The van der Waals surface area contributed by atoms with E-state index < -0.39 is 36.2 Å². The number of amides is 3. The second-order valence-electron chi connectivity index (χ2n) is 3.78. The molecule has 0 bridgehead atoms. The predicted octanol–water partition coefficient (Wildman–Crippen LogP) is 0.929. The van der Waals surface area contributed by atoms with Gasteiger partial charge in [-0.1, -0.05) is 11.6 Å². The average molecular weight is 304 g/mol. The minimum atomic E-state index is -1.50. The molecule has 9 heteroatoms. The van der Waals surface area contributed by atoms with Crippen LogP contribution in [0, 0.1) is 5.82 Å². The number of carboxylic acids is 1. The molecule has 0 saturated heterocycles. The number of hydrogen-bond acceptors (Lipinski definition) is 3. The SMILES string of the molecule is NC(=O)C[C@H](NC(=O)Nc1ccc(Cl)cc1F)C(=O)O. The van der Waals surface area contributed by atoms with Gasteiger partial charge in [0.05, 0.1) is 12.1 Å². The number of halogens is 2. The lowest BCUT2D eigenvalue weighted by molar-refractivity contribution is -0.140. The molecule has 0 radical (unpaired) electrons. The Hall–Kier alpha value is -2.35. The molecule has 1 aromatic rings. The van der Waals surface area contributed by atoms with Crippen molar-refractivity contribution >= 4 is 35.2 Å². The predicted molar refractivity (Wildman–Crippen MR) is 68.8 cm³/mol. The van der Waals surface area contributed by atoms with E-state index in [-0.39, 0.29) is 10.7 Å². The van der Waals surface area contributed by atoms with Crippen molar-refractivity contribution in [1.82, 2.24) is 5.32 Å². The third-order valence-corrected chi connectivity index (χ3v) is 2.42. The molecule has 20 heavy (non-hydrogen) atoms. The maximum absolute atomic E-state index is 13.4. The molecule has 0 saturated carbocycles. The van der Waals surface area contributed by atoms with Gasteiger partial charge < -0.3 is 21.5 Å². The van der Waals surface area contributed by atoms with Crippen LogP contribution < -0.4 is 16.4 Å². The van der Waals surface area contributed by atoms with Crippen molar-refractivity contribution in [2.75, 3.05) is 5.32 Å². The second kappa shape index (κ2) is 6.71. The van der Waals surface area contributed by atoms with E-state index in [0.29, 0.717) is 0 Å². The van der Waals surface area contributed by atoms with Gasteiger partial charge in [-0.25, -0.2) is 14.0 Å². The molecule has 0 aromatic heterocycles. The highest BCUT2D eigenvalue weighted by atomic mass is 35.5. The molecule has 0 unspecified atom stereocenters. The Morgan fingerprint density at radius 3 is 2.55 bits per heavy atom. The van der Waals surface area contributed by atoms with E-state index in [0.717, 1.165) is 6.07 Å². The van der Waals surface area contributed by atoms with E-state index in [1.807, 2.05) is 5.32 Å². The zero-order valence-electron chi connectivity index (χ0n) is 10.0. The number of hydrogen-bond donors (Lipinski definition) is 4. The Bertz CT molecular complexity index is 552. The Morgan fingerprint density at radius 2 is 2.05 bits per heavy atom. The van der Waals surface area contributed by atoms with Crippen LogP contribution in [0.2, 0.25) is 5.02 Å². The normalized spacial score (nSPS) is 11.5. The van der Waals surface area contributed by atoms with Crippen LogP contribution in [0.5, 0.6) is 0 Å². The van der Waals surface area contributed by atoms with Crippen molar-refractivity contribution in [2.45, 2.75) is 12.5 Å². The molecule has 0 heterocycles. The average Bonchev–Trinajstić information content (AvgIpc) is 2.31. The van der Waals surface area contributed by atoms with Crippen LogP contribution in [-0.2, 0) is 9.59 Å². The summed E-state index contributed by atoms with van der Waals surface area (Å²) >= 11 is 5.54. The largest absolute Gasteiger partial charge is 0.480 e. The number of nitrogens with two attached hydrogens (primary N) is 1. The number of carbonyl (C=O) groups excluding carboxylic acids is 2. The van der Waals surface area contributed by atoms with E-state index in [1.165, 1.54) is 12.1 Å². The standard InChI is InChI=1S/C11H11ClFN3O4/c12-5-1-2-7(6(13)3-5)15-11(20)16-8(10(18)19)4-9(14)17/h1-3,8H,4H2,(H2,14,17)(H,18,19)(H2,15,16,20)/t8-/m0/s1. The first-order chi connectivity index (χ1) is 9.29. The fourth-order valence-corrected chi connectivity index (χ4v) is 1.47. The number of anilines is 1. The van der Waals surface area contributed by atoms with Crippen LogP contribution in [-0.4, -0.2) is 29.1 Å². The lowest BCUT2D eigenvalue weighted by Gasteiger charge is -2.14. The van der Waals surface area contributed by atoms with Crippen molar-refractivity contribution in [2.24, 2.45) is 5.73 Å². The number of aliphatic carboxylic acids is 1. The van der Waals surface area contributed by atoms with Crippen molar-refractivity contribution in [3.63, 3.8) is 0 Å². The van der Waals surface area contributed by atoms with Gasteiger partial charge in [0.2, 0.25) is 5.91 Å². The molecule has 0 spiro atoms. The lowest BCUT2D eigenvalue weighted by atomic mass is 10.2. The summed E-state index contributed by atoms with van der Waals surface area (Å²) in [4.78, 5) is 33.0. The first-order valence-electron chi connectivity index (χ1n) is 5.33. The fraction of sp³-hybridized carbons (Fsp3) is 0.182. The highest BCUT2D eigenvalue weighted by molar-refractivity contribution is 6.30. The topological polar surface area (TPSA) is 122 Å². The molecule has 108 valence electrons. The summed E-state index contributed by atoms with van der Waals surface area (Å²) in [6.07, 6.45) is -0.578. The van der Waals surface area contributed by atoms with E-state index in [4.69, 9.17) is 22.4 Å². The van der Waals surface area contributed by atoms with Crippen LogP contribution in [0.4, 0.5) is 14.9 Å². The number of urea groups is 1. The van der Waals surface area contributed by atoms with Gasteiger partial charge >= 0.3 is 12.0 Å². The summed E-state index contributed by atoms with van der Waals surface area (Å²) in [6, 6.07) is 1.05. The molecule has 5 N–H and O–H groups in total. The number of carbonyl (C=O) groups is 3. The van der Waals surface area contributed by atoms with Crippen LogP contribution >= 0.6 is 11.6 Å². The van der Waals surface area contributed by atoms with Crippen LogP contribution in [0.15, 0.2) is 18.2 Å². The van der Waals surface area contributed by atoms with Gasteiger partial charge in [-0.3, -0.25) is 4.79 Å². The van der Waals surface area contributed by atoms with Crippen molar-refractivity contribution in [3.05, 3.63) is 29.0 Å². The van der Waals surface area contributed by atoms with Crippen LogP contribution in [0.1, 0.15) is 6.42 Å². The molecule has 0 aliphatic carbocycles. The molecule has 1 atom stereocenters. The van der Waals surface area contributed by atoms with Gasteiger partial charge in [0.15, 0.2) is 0 Å². The molecular formula is C11H11ClFN3O4. The third-order valence-electron chi connectivity index (χ3n) is 2.19. The van der Waals surface area contributed by atoms with Gasteiger partial charge in [0, 0.05) is 5.02 Å². The Balaban J connectivity index is 2.70. The van der Waals surface area contributed by atoms with Gasteiger partial charge in [-0.05, 0) is 18.2 Å². The molecular weight excluding hydrogens is 293 g/mol. The minimum Gasteiger partial charge on any atom is -0.480 e. The summed E-state index contributed by atoms with van der Waals surface area (Å²) in [7, 11) is 0. The summed E-state index contributed by atoms with van der Waals surface area (Å²) in [6.45, 7) is 0. The van der Waals surface area contributed by atoms with Crippen LogP contribution in [0.3, 0.4) is 0 Å². The molecule has 0 aliphatic rings. The molecule has 1 rings (SSSR count). The maximum atomic E-state index is 13.4. The van der Waals surface area contributed by atoms with E-state index in [2.05, 4.69) is 5.32 Å². The third kappa shape index (κ3) is 4.73. The fourth-order valence-electron chi connectivity index (χ4n) is 1.31. The summed E-state index contributed by atoms with van der Waals surface area (Å²) in [5.74, 6) is -3.11. The van der Waals surface area contributed by atoms with Gasteiger partial charge in [0.1, 0.15) is 11.9 Å². The van der Waals surface area contributed by atoms with Crippen molar-refractivity contribution in [1.29, 1.82) is 0 Å². The first kappa shape index (κ1) is 15.7. The zero-order chi connectivity index (χ0) is 15.3. The van der Waals surface area contributed by atoms with Gasteiger partial charge in [-0.15, -0.1) is 0 Å². The number of rotatable bonds is 5. The van der Waals surface area contributed by atoms with E-state index >= 15 is 0 Å². The lowest BCUT2D eigenvalue weighted by Crippen LogP contribution is -2.45. The molecule has 1 aromatic carbocycles. The van der Waals surface area contributed by atoms with E-state index in [1.54, 1.807) is 0 Å². The van der Waals surface area contributed by atoms with Crippen LogP contribution in [0.25, 0.3) is 0 Å². The van der Waals surface area contributed by atoms with Gasteiger partial charge in [0.25, 0.3) is 0 Å². The minimum absolute atomic E-state index is 0.144. The van der Waals surface area contributed by atoms with Crippen molar-refractivity contribution in [3.8, 4) is 0 Å². The molecule has 7 nitrogen and oxygen atoms in total. The Morgan fingerprint density at radius 1 is 1.40 bits per heavy atom. The number of primary amides is 1. The summed E-state index contributed by atoms with van der Waals surface area (Å²) in [5.41, 5.74) is 4.67. The maximum Gasteiger partial charge on any atom is 0.326 e. The Labute approximate surface area is 117 Å². The smallest absolute Gasteiger partial charge is 0.326 e. The molecule has 0 aliphatic heterocycles. The highest BCUT2D eigenvalue weighted by Gasteiger charge is 2.22. The van der Waals surface area contributed by atoms with Crippen molar-refractivity contribution < 1.29 is 23.9 Å². The molecule has 0 fully saturated rings. The second-order valence-corrected chi connectivity index (χ2v) is 4.22. The Kier molecular flexibility index (Phi) is 5.27. The molecule has 3 amide bonds. The number of carboxylic acid groups (broad SMARTS) is 1. The quantitative estimate of drug-likeness (QED) is 0.646. The van der Waals surface area contributed by atoms with Gasteiger partial charge in [-0.2, -0.15) is 0 Å². The number of benzene rings is 1. The zero-order valence-corrected chi connectivity index (χ0v) is 10.8. The summed E-state index contributed by atoms with van der Waals surface area (Å²) in [5, 5.41) is 13.0. The van der Waals surface area contributed by atoms with E-state index in [9.17, 15) is 18.8 Å². The monoisotopic (exact) mass is 303 g/mol.